The van der Waals surface area contributed by atoms with E-state index in [1.807, 2.05) is 6.07 Å². The zero-order chi connectivity index (χ0) is 26.9. The van der Waals surface area contributed by atoms with E-state index >= 15 is 0 Å². The molecule has 2 N–H and O–H groups in total. The number of esters is 1. The van der Waals surface area contributed by atoms with Gasteiger partial charge in [0, 0.05) is 24.3 Å². The summed E-state index contributed by atoms with van der Waals surface area (Å²) in [7, 11) is 0. The number of rotatable bonds is 6. The Bertz CT molecular complexity index is 1730. The number of non-ortho nitro benzene ring substituents is 2. The van der Waals surface area contributed by atoms with E-state index in [4.69, 9.17) is 10.5 Å². The molecule has 13 heteroatoms. The lowest BCUT2D eigenvalue weighted by molar-refractivity contribution is -0.385. The average Bonchev–Trinajstić information content (AvgIpc) is 3.20. The minimum atomic E-state index is -1.13. The molecule has 1 aliphatic rings. The Hall–Kier alpha value is -5.09. The van der Waals surface area contributed by atoms with Crippen molar-refractivity contribution in [2.45, 2.75) is 12.8 Å². The average molecular weight is 519 g/mol. The Kier molecular flexibility index (Phi) is 6.68. The SMILES string of the molecule is CCOC(=O)C1=C(N)n2c(s/c(=C/c3cccc([N+](=O)[O-])c3)c2=O)=C(C#N)[C@H]1c1cccc([N+](=O)[O-])c1. The third-order valence-electron chi connectivity index (χ3n) is 5.56. The summed E-state index contributed by atoms with van der Waals surface area (Å²) in [6, 6.07) is 13.1. The number of nitriles is 1. The lowest BCUT2D eigenvalue weighted by atomic mass is 9.83. The molecule has 1 aromatic heterocycles. The van der Waals surface area contributed by atoms with Crippen LogP contribution in [0.3, 0.4) is 0 Å². The first-order valence-corrected chi connectivity index (χ1v) is 11.5. The van der Waals surface area contributed by atoms with Gasteiger partial charge in [0.25, 0.3) is 16.9 Å². The summed E-state index contributed by atoms with van der Waals surface area (Å²) in [5.41, 5.74) is 5.63. The molecule has 186 valence electrons. The smallest absolute Gasteiger partial charge is 0.338 e. The molecule has 0 bridgehead atoms. The summed E-state index contributed by atoms with van der Waals surface area (Å²) in [5.74, 6) is -2.28. The Morgan fingerprint density at radius 2 is 1.84 bits per heavy atom. The van der Waals surface area contributed by atoms with Gasteiger partial charge in [0.05, 0.1) is 44.1 Å². The highest BCUT2D eigenvalue weighted by atomic mass is 32.1. The van der Waals surface area contributed by atoms with Gasteiger partial charge in [-0.25, -0.2) is 4.79 Å². The number of nitrogens with two attached hydrogens (primary N) is 1. The molecule has 4 rings (SSSR count). The molecule has 2 heterocycles. The van der Waals surface area contributed by atoms with Crippen molar-refractivity contribution in [2.75, 3.05) is 6.61 Å². The molecule has 37 heavy (non-hydrogen) atoms. The van der Waals surface area contributed by atoms with E-state index in [0.717, 1.165) is 15.9 Å². The molecule has 0 spiro atoms. The summed E-state index contributed by atoms with van der Waals surface area (Å²) in [6.07, 6.45) is 1.42. The predicted molar refractivity (Wildman–Crippen MR) is 133 cm³/mol. The topological polar surface area (TPSA) is 184 Å². The standard InChI is InChI=1S/C24H17N5O7S/c1-2-36-24(31)20-19(14-6-4-8-16(11-14)29(34)35)17(12-25)23-27(21(20)26)22(30)18(37-23)10-13-5-3-7-15(9-13)28(32)33/h3-11,19H,2,26H2,1H3/b18-10+/t19-/m1/s1. The molecule has 1 aliphatic heterocycles. The molecular formula is C24H17N5O7S. The van der Waals surface area contributed by atoms with Crippen LogP contribution in [0.15, 0.2) is 58.9 Å². The minimum absolute atomic E-state index is 0.0175. The number of nitrogens with zero attached hydrogens (tertiary/aromatic N) is 4. The maximum absolute atomic E-state index is 13.4. The molecule has 0 radical (unpaired) electrons. The van der Waals surface area contributed by atoms with Crippen LogP contribution in [0.2, 0.25) is 0 Å². The summed E-state index contributed by atoms with van der Waals surface area (Å²) < 4.78 is 6.41. The molecule has 3 aromatic rings. The second-order valence-electron chi connectivity index (χ2n) is 7.74. The minimum Gasteiger partial charge on any atom is -0.463 e. The van der Waals surface area contributed by atoms with Crippen LogP contribution in [-0.2, 0) is 9.53 Å². The summed E-state index contributed by atoms with van der Waals surface area (Å²) >= 11 is 0.909. The first-order valence-electron chi connectivity index (χ1n) is 10.7. The fourth-order valence-electron chi connectivity index (χ4n) is 3.99. The van der Waals surface area contributed by atoms with Crippen molar-refractivity contribution in [2.24, 2.45) is 5.73 Å². The zero-order valence-corrected chi connectivity index (χ0v) is 19.9. The molecule has 12 nitrogen and oxygen atoms in total. The highest BCUT2D eigenvalue weighted by Crippen LogP contribution is 2.37. The van der Waals surface area contributed by atoms with Gasteiger partial charge in [0.1, 0.15) is 10.5 Å². The summed E-state index contributed by atoms with van der Waals surface area (Å²) in [4.78, 5) is 47.7. The quantitative estimate of drug-likeness (QED) is 0.288. The number of nitro groups is 2. The van der Waals surface area contributed by atoms with Gasteiger partial charge in [-0.15, -0.1) is 11.3 Å². The van der Waals surface area contributed by atoms with Crippen LogP contribution in [0.25, 0.3) is 17.5 Å². The first-order chi connectivity index (χ1) is 17.7. The van der Waals surface area contributed by atoms with Crippen LogP contribution >= 0.6 is 11.3 Å². The number of carbonyl (C=O) groups excluding carboxylic acids is 1. The number of benzene rings is 2. The fraction of sp³-hybridized carbons (Fsp3) is 0.125. The number of nitro benzene ring substituents is 2. The lowest BCUT2D eigenvalue weighted by Gasteiger charge is -2.24. The third kappa shape index (κ3) is 4.48. The Labute approximate surface area is 211 Å². The summed E-state index contributed by atoms with van der Waals surface area (Å²) in [6.45, 7) is 1.55. The predicted octanol–water partition coefficient (Wildman–Crippen LogP) is 1.72. The van der Waals surface area contributed by atoms with E-state index in [0.29, 0.717) is 5.56 Å². The van der Waals surface area contributed by atoms with Crippen LogP contribution in [0, 0.1) is 31.6 Å². The van der Waals surface area contributed by atoms with E-state index in [1.165, 1.54) is 48.5 Å². The van der Waals surface area contributed by atoms with Crippen molar-refractivity contribution in [3.8, 4) is 6.07 Å². The van der Waals surface area contributed by atoms with Gasteiger partial charge in [0.15, 0.2) is 0 Å². The number of fused-ring (bicyclic) bond motifs is 1. The molecule has 2 aromatic carbocycles. The molecular weight excluding hydrogens is 502 g/mol. The highest BCUT2D eigenvalue weighted by Gasteiger charge is 2.37. The van der Waals surface area contributed by atoms with Crippen molar-refractivity contribution in [3.05, 3.63) is 105 Å². The summed E-state index contributed by atoms with van der Waals surface area (Å²) in [5, 5.41) is 32.6. The van der Waals surface area contributed by atoms with Gasteiger partial charge in [0.2, 0.25) is 0 Å². The van der Waals surface area contributed by atoms with E-state index in [1.54, 1.807) is 13.0 Å². The maximum Gasteiger partial charge on any atom is 0.338 e. The number of aromatic nitrogens is 1. The largest absolute Gasteiger partial charge is 0.463 e. The van der Waals surface area contributed by atoms with E-state index in [2.05, 4.69) is 0 Å². The Balaban J connectivity index is 2.05. The fourth-order valence-corrected chi connectivity index (χ4v) is 5.12. The van der Waals surface area contributed by atoms with E-state index in [9.17, 15) is 35.1 Å². The molecule has 0 saturated carbocycles. The maximum atomic E-state index is 13.4. The van der Waals surface area contributed by atoms with Crippen molar-refractivity contribution in [1.82, 2.24) is 4.57 Å². The number of thiazole rings is 1. The van der Waals surface area contributed by atoms with Gasteiger partial charge in [-0.3, -0.25) is 29.6 Å². The second-order valence-corrected chi connectivity index (χ2v) is 8.77. The number of carbonyl (C=O) groups is 1. The second kappa shape index (κ2) is 9.88. The number of hydrogen-bond acceptors (Lipinski definition) is 10. The van der Waals surface area contributed by atoms with Gasteiger partial charge in [-0.2, -0.15) is 5.26 Å². The Morgan fingerprint density at radius 1 is 1.19 bits per heavy atom. The third-order valence-corrected chi connectivity index (χ3v) is 6.67. The van der Waals surface area contributed by atoms with E-state index < -0.39 is 27.3 Å². The monoisotopic (exact) mass is 519 g/mol. The molecule has 0 unspecified atom stereocenters. The lowest BCUT2D eigenvalue weighted by Crippen LogP contribution is -2.40. The van der Waals surface area contributed by atoms with Crippen molar-refractivity contribution in [1.29, 1.82) is 5.26 Å². The normalized spacial score (nSPS) is 15.2. The molecule has 0 amide bonds. The Morgan fingerprint density at radius 3 is 2.46 bits per heavy atom. The van der Waals surface area contributed by atoms with Crippen LogP contribution in [-0.4, -0.2) is 27.0 Å². The van der Waals surface area contributed by atoms with Gasteiger partial charge < -0.3 is 10.5 Å². The van der Waals surface area contributed by atoms with Gasteiger partial charge >= 0.3 is 5.97 Å². The molecule has 0 aliphatic carbocycles. The van der Waals surface area contributed by atoms with Crippen LogP contribution in [0.4, 0.5) is 11.4 Å². The number of hydrogen-bond donors (Lipinski definition) is 1. The molecule has 1 atom stereocenters. The van der Waals surface area contributed by atoms with Crippen LogP contribution in [0.1, 0.15) is 24.0 Å². The van der Waals surface area contributed by atoms with Crippen LogP contribution in [0.5, 0.6) is 0 Å². The first kappa shape index (κ1) is 25.0. The van der Waals surface area contributed by atoms with Crippen molar-refractivity contribution in [3.63, 3.8) is 0 Å². The van der Waals surface area contributed by atoms with Gasteiger partial charge in [-0.05, 0) is 24.1 Å². The zero-order valence-electron chi connectivity index (χ0n) is 19.1. The van der Waals surface area contributed by atoms with Crippen molar-refractivity contribution >= 4 is 46.2 Å². The molecule has 0 saturated heterocycles. The van der Waals surface area contributed by atoms with Crippen molar-refractivity contribution < 1.29 is 19.4 Å². The highest BCUT2D eigenvalue weighted by molar-refractivity contribution is 7.07. The number of ether oxygens (including phenoxy) is 1. The molecule has 0 fully saturated rings. The van der Waals surface area contributed by atoms with Gasteiger partial charge in [-0.1, -0.05) is 24.3 Å². The van der Waals surface area contributed by atoms with Crippen LogP contribution < -0.4 is 20.5 Å². The van der Waals surface area contributed by atoms with E-state index in [-0.39, 0.29) is 49.7 Å².